The molecule has 1 fully saturated rings. The number of nitrogens with two attached hydrogens (primary N) is 1. The second-order valence-electron chi connectivity index (χ2n) is 5.23. The van der Waals surface area contributed by atoms with Crippen molar-refractivity contribution in [3.63, 3.8) is 0 Å². The summed E-state index contributed by atoms with van der Waals surface area (Å²) in [7, 11) is 0. The molecule has 0 heterocycles. The van der Waals surface area contributed by atoms with Crippen LogP contribution in [0.25, 0.3) is 0 Å². The maximum absolute atomic E-state index is 14.2. The molecule has 0 spiro atoms. The minimum absolute atomic E-state index is 0.0637. The van der Waals surface area contributed by atoms with Crippen LogP contribution in [-0.4, -0.2) is 14.7 Å². The summed E-state index contributed by atoms with van der Waals surface area (Å²) >= 11 is -2.54. The molecule has 0 saturated heterocycles. The molecule has 1 amide bonds. The Balaban J connectivity index is 2.20. The number of benzene rings is 1. The van der Waals surface area contributed by atoms with Crippen molar-refractivity contribution < 1.29 is 22.3 Å². The monoisotopic (exact) mass is 317 g/mol. The van der Waals surface area contributed by atoms with Gasteiger partial charge in [0.2, 0.25) is 5.91 Å². The molecule has 1 unspecified atom stereocenters. The van der Waals surface area contributed by atoms with Crippen molar-refractivity contribution in [1.82, 2.24) is 4.72 Å². The van der Waals surface area contributed by atoms with Crippen molar-refractivity contribution in [2.45, 2.75) is 37.6 Å². The number of amides is 1. The van der Waals surface area contributed by atoms with Crippen LogP contribution < -0.4 is 10.5 Å². The first-order valence-electron chi connectivity index (χ1n) is 6.43. The van der Waals surface area contributed by atoms with Crippen LogP contribution >= 0.6 is 0 Å². The summed E-state index contributed by atoms with van der Waals surface area (Å²) in [6, 6.07) is 2.09. The van der Waals surface area contributed by atoms with Gasteiger partial charge in [0.1, 0.15) is 11.6 Å². The molecule has 1 aliphatic rings. The van der Waals surface area contributed by atoms with Gasteiger partial charge in [-0.25, -0.2) is 13.5 Å². The largest absolute Gasteiger partial charge is 0.760 e. The number of primary amides is 1. The fourth-order valence-electron chi connectivity index (χ4n) is 2.43. The van der Waals surface area contributed by atoms with E-state index in [9.17, 15) is 22.3 Å². The van der Waals surface area contributed by atoms with E-state index >= 15 is 0 Å². The molecule has 3 N–H and O–H groups in total. The summed E-state index contributed by atoms with van der Waals surface area (Å²) in [4.78, 5) is 10.8. The number of hydrogen-bond acceptors (Lipinski definition) is 3. The first-order chi connectivity index (χ1) is 9.84. The fraction of sp³-hybridized carbons (Fsp3) is 0.462. The van der Waals surface area contributed by atoms with Gasteiger partial charge in [0.05, 0.1) is 0 Å². The molecular formula is C13H15F2N2O3S-. The minimum atomic E-state index is -2.54. The molecule has 0 bridgehead atoms. The molecule has 2 rings (SSSR count). The molecule has 8 heteroatoms. The highest BCUT2D eigenvalue weighted by Crippen LogP contribution is 2.52. The SMILES string of the molecule is NC(=O)CCC1(c2cc(F)c(CNS(=O)[O-])cc2F)CC1. The third-order valence-corrected chi connectivity index (χ3v) is 4.17. The van der Waals surface area contributed by atoms with E-state index in [1.807, 2.05) is 4.72 Å². The zero-order valence-corrected chi connectivity index (χ0v) is 12.0. The lowest BCUT2D eigenvalue weighted by Crippen LogP contribution is -2.19. The lowest BCUT2D eigenvalue weighted by Gasteiger charge is -2.17. The van der Waals surface area contributed by atoms with Crippen molar-refractivity contribution in [1.29, 1.82) is 0 Å². The smallest absolute Gasteiger partial charge is 0.217 e. The summed E-state index contributed by atoms with van der Waals surface area (Å²) in [6.45, 7) is -0.312. The summed E-state index contributed by atoms with van der Waals surface area (Å²) < 4.78 is 50.8. The van der Waals surface area contributed by atoms with Gasteiger partial charge in [-0.2, -0.15) is 0 Å². The highest BCUT2D eigenvalue weighted by molar-refractivity contribution is 7.77. The van der Waals surface area contributed by atoms with Gasteiger partial charge in [-0.15, -0.1) is 0 Å². The van der Waals surface area contributed by atoms with Gasteiger partial charge >= 0.3 is 0 Å². The van der Waals surface area contributed by atoms with Gasteiger partial charge in [-0.3, -0.25) is 9.00 Å². The predicted molar refractivity (Wildman–Crippen MR) is 71.5 cm³/mol. The number of carbonyl (C=O) groups is 1. The lowest BCUT2D eigenvalue weighted by molar-refractivity contribution is -0.118. The Morgan fingerprint density at radius 1 is 1.38 bits per heavy atom. The van der Waals surface area contributed by atoms with Gasteiger partial charge < -0.3 is 10.3 Å². The highest BCUT2D eigenvalue weighted by Gasteiger charge is 2.46. The zero-order chi connectivity index (χ0) is 15.6. The predicted octanol–water partition coefficient (Wildman–Crippen LogP) is 1.15. The summed E-state index contributed by atoms with van der Waals surface area (Å²) in [5.41, 5.74) is 4.74. The Morgan fingerprint density at radius 3 is 2.57 bits per heavy atom. The molecule has 1 saturated carbocycles. The van der Waals surface area contributed by atoms with E-state index < -0.39 is 34.2 Å². The van der Waals surface area contributed by atoms with E-state index in [2.05, 4.69) is 0 Å². The van der Waals surface area contributed by atoms with Gasteiger partial charge in [0, 0.05) is 29.8 Å². The average molecular weight is 317 g/mol. The van der Waals surface area contributed by atoms with E-state index in [0.717, 1.165) is 12.1 Å². The standard InChI is InChI=1S/C13H16F2N2O3S/c14-10-6-9(13(3-4-13)2-1-12(16)18)11(15)5-8(10)7-17-21(19)20/h5-6,17H,1-4,7H2,(H2,16,18)(H,19,20)/p-1. The van der Waals surface area contributed by atoms with Crippen LogP contribution in [0.1, 0.15) is 36.8 Å². The Kier molecular flexibility index (Phi) is 4.70. The molecular weight excluding hydrogens is 302 g/mol. The van der Waals surface area contributed by atoms with Crippen LogP contribution in [0.15, 0.2) is 12.1 Å². The normalized spacial score (nSPS) is 17.5. The van der Waals surface area contributed by atoms with Gasteiger partial charge in [0.15, 0.2) is 0 Å². The second-order valence-corrected chi connectivity index (χ2v) is 5.98. The third kappa shape index (κ3) is 3.84. The van der Waals surface area contributed by atoms with Crippen LogP contribution in [0.5, 0.6) is 0 Å². The highest BCUT2D eigenvalue weighted by atomic mass is 32.2. The van der Waals surface area contributed by atoms with Gasteiger partial charge in [0.25, 0.3) is 0 Å². The van der Waals surface area contributed by atoms with Gasteiger partial charge in [-0.05, 0) is 42.4 Å². The number of hydrogen-bond donors (Lipinski definition) is 2. The van der Waals surface area contributed by atoms with Crippen molar-refractivity contribution in [3.05, 3.63) is 34.9 Å². The molecule has 116 valence electrons. The second kappa shape index (κ2) is 6.17. The van der Waals surface area contributed by atoms with Crippen LogP contribution in [0, 0.1) is 11.6 Å². The van der Waals surface area contributed by atoms with Crippen molar-refractivity contribution in [2.75, 3.05) is 0 Å². The topological polar surface area (TPSA) is 95.2 Å². The molecule has 1 aromatic rings. The van der Waals surface area contributed by atoms with E-state index in [4.69, 9.17) is 5.73 Å². The van der Waals surface area contributed by atoms with Crippen LogP contribution in [0.4, 0.5) is 8.78 Å². The molecule has 0 aliphatic heterocycles. The third-order valence-electron chi connectivity index (χ3n) is 3.79. The molecule has 1 aliphatic carbocycles. The van der Waals surface area contributed by atoms with E-state index in [1.165, 1.54) is 0 Å². The number of carbonyl (C=O) groups excluding carboxylic acids is 1. The zero-order valence-electron chi connectivity index (χ0n) is 11.2. The van der Waals surface area contributed by atoms with Crippen LogP contribution in [0.2, 0.25) is 0 Å². The maximum atomic E-state index is 14.2. The van der Waals surface area contributed by atoms with Crippen molar-refractivity contribution >= 4 is 17.2 Å². The molecule has 5 nitrogen and oxygen atoms in total. The van der Waals surface area contributed by atoms with E-state index in [0.29, 0.717) is 19.3 Å². The number of rotatable bonds is 7. The Hall–Kier alpha value is -1.38. The lowest BCUT2D eigenvalue weighted by atomic mass is 9.89. The first-order valence-corrected chi connectivity index (χ1v) is 7.51. The Labute approximate surface area is 123 Å². The molecule has 21 heavy (non-hydrogen) atoms. The molecule has 1 aromatic carbocycles. The summed E-state index contributed by atoms with van der Waals surface area (Å²) in [6.07, 6.45) is 1.87. The fourth-order valence-corrected chi connectivity index (χ4v) is 2.71. The van der Waals surface area contributed by atoms with Crippen molar-refractivity contribution in [3.8, 4) is 0 Å². The van der Waals surface area contributed by atoms with E-state index in [-0.39, 0.29) is 24.1 Å². The summed E-state index contributed by atoms with van der Waals surface area (Å²) in [5, 5.41) is 0. The molecule has 1 atom stereocenters. The number of nitrogens with one attached hydrogen (secondary N) is 1. The maximum Gasteiger partial charge on any atom is 0.217 e. The number of halogens is 2. The van der Waals surface area contributed by atoms with Crippen LogP contribution in [0.3, 0.4) is 0 Å². The minimum Gasteiger partial charge on any atom is -0.760 e. The summed E-state index contributed by atoms with van der Waals surface area (Å²) in [5.74, 6) is -1.73. The molecule has 0 aromatic heterocycles. The van der Waals surface area contributed by atoms with E-state index in [1.54, 1.807) is 0 Å². The Morgan fingerprint density at radius 2 is 2.05 bits per heavy atom. The first kappa shape index (κ1) is 16.0. The van der Waals surface area contributed by atoms with Gasteiger partial charge in [-0.1, -0.05) is 0 Å². The van der Waals surface area contributed by atoms with Crippen LogP contribution in [-0.2, 0) is 28.0 Å². The quantitative estimate of drug-likeness (QED) is 0.738. The van der Waals surface area contributed by atoms with Crippen molar-refractivity contribution in [2.24, 2.45) is 5.73 Å². The Bertz CT molecular complexity index is 591. The average Bonchev–Trinajstić information content (AvgIpc) is 3.18. The molecule has 0 radical (unpaired) electrons.